The first-order valence-corrected chi connectivity index (χ1v) is 8.23. The number of nitrogens with zero attached hydrogens (tertiary/aromatic N) is 2. The molecule has 7 heteroatoms. The highest BCUT2D eigenvalue weighted by atomic mass is 16.6. The van der Waals surface area contributed by atoms with Crippen LogP contribution in [0.4, 0.5) is 4.79 Å². The van der Waals surface area contributed by atoms with Crippen LogP contribution in [-0.4, -0.2) is 34.4 Å². The number of H-pyrrole nitrogens is 1. The Hall–Kier alpha value is -3.09. The molecule has 1 aromatic carbocycles. The van der Waals surface area contributed by atoms with Crippen LogP contribution >= 0.6 is 0 Å². The van der Waals surface area contributed by atoms with Crippen LogP contribution < -0.4 is 10.1 Å². The minimum Gasteiger partial charge on any atom is -0.494 e. The molecule has 3 heterocycles. The van der Waals surface area contributed by atoms with Crippen molar-refractivity contribution >= 4 is 17.0 Å². The Balaban J connectivity index is 1.81. The Morgan fingerprint density at radius 3 is 3.08 bits per heavy atom. The summed E-state index contributed by atoms with van der Waals surface area (Å²) in [7, 11) is 0. The lowest BCUT2D eigenvalue weighted by Crippen LogP contribution is -2.27. The lowest BCUT2D eigenvalue weighted by molar-refractivity contribution is 0.104. The summed E-state index contributed by atoms with van der Waals surface area (Å²) in [6, 6.07) is 11.4. The molecule has 1 amide bonds. The van der Waals surface area contributed by atoms with Gasteiger partial charge in [0.05, 0.1) is 23.5 Å². The monoisotopic (exact) mass is 338 g/mol. The first-order chi connectivity index (χ1) is 12.2. The van der Waals surface area contributed by atoms with Crippen LogP contribution in [-0.2, 0) is 4.74 Å². The lowest BCUT2D eigenvalue weighted by atomic mass is 10.1. The Bertz CT molecular complexity index is 922. The van der Waals surface area contributed by atoms with Gasteiger partial charge in [-0.25, -0.2) is 9.78 Å². The normalized spacial score (nSPS) is 18.0. The van der Waals surface area contributed by atoms with Crippen molar-refractivity contribution in [3.05, 3.63) is 42.1 Å². The Morgan fingerprint density at radius 1 is 1.24 bits per heavy atom. The van der Waals surface area contributed by atoms with Crippen molar-refractivity contribution in [1.82, 2.24) is 20.5 Å². The Kier molecular flexibility index (Phi) is 3.97. The highest BCUT2D eigenvalue weighted by molar-refractivity contribution is 5.92. The maximum absolute atomic E-state index is 11.9. The van der Waals surface area contributed by atoms with Gasteiger partial charge in [-0.2, -0.15) is 5.10 Å². The molecule has 7 nitrogen and oxygen atoms in total. The SMILES string of the molecule is CC1OC(=O)NCCCOc2ccc3[nH]nc(c3c2)-c2cccc1n2. The van der Waals surface area contributed by atoms with Crippen LogP contribution in [0.3, 0.4) is 0 Å². The largest absolute Gasteiger partial charge is 0.494 e. The maximum Gasteiger partial charge on any atom is 0.407 e. The van der Waals surface area contributed by atoms with Crippen molar-refractivity contribution in [2.75, 3.05) is 13.2 Å². The predicted octanol–water partition coefficient (Wildman–Crippen LogP) is 3.19. The third kappa shape index (κ3) is 3.13. The summed E-state index contributed by atoms with van der Waals surface area (Å²) in [4.78, 5) is 16.5. The van der Waals surface area contributed by atoms with Gasteiger partial charge in [-0.1, -0.05) is 6.07 Å². The number of aromatic nitrogens is 3. The lowest BCUT2D eigenvalue weighted by Gasteiger charge is -2.14. The number of amides is 1. The molecule has 0 aliphatic carbocycles. The number of carbonyl (C=O) groups is 1. The molecule has 3 aromatic rings. The molecule has 4 rings (SSSR count). The fraction of sp³-hybridized carbons (Fsp3) is 0.278. The molecule has 2 N–H and O–H groups in total. The fourth-order valence-electron chi connectivity index (χ4n) is 2.80. The number of rotatable bonds is 0. The van der Waals surface area contributed by atoms with Crippen LogP contribution in [0.2, 0.25) is 0 Å². The van der Waals surface area contributed by atoms with Gasteiger partial charge in [0.2, 0.25) is 0 Å². The summed E-state index contributed by atoms with van der Waals surface area (Å²) in [6.07, 6.45) is -0.231. The van der Waals surface area contributed by atoms with Crippen molar-refractivity contribution in [3.8, 4) is 17.1 Å². The zero-order valence-electron chi connectivity index (χ0n) is 13.8. The average Bonchev–Trinajstić information content (AvgIpc) is 3.04. The van der Waals surface area contributed by atoms with E-state index in [1.165, 1.54) is 0 Å². The second-order valence-corrected chi connectivity index (χ2v) is 5.90. The minimum atomic E-state index is -0.461. The molecule has 1 aliphatic heterocycles. The van der Waals surface area contributed by atoms with Crippen LogP contribution in [0.5, 0.6) is 5.75 Å². The summed E-state index contributed by atoms with van der Waals surface area (Å²) in [5.74, 6) is 0.761. The van der Waals surface area contributed by atoms with E-state index in [1.54, 1.807) is 6.92 Å². The number of carbonyl (C=O) groups excluding carboxylic acids is 1. The Morgan fingerprint density at radius 2 is 2.16 bits per heavy atom. The van der Waals surface area contributed by atoms with Gasteiger partial charge in [0.25, 0.3) is 0 Å². The molecule has 1 aliphatic rings. The van der Waals surface area contributed by atoms with Gasteiger partial charge in [-0.05, 0) is 43.7 Å². The summed E-state index contributed by atoms with van der Waals surface area (Å²) in [5.41, 5.74) is 3.05. The first-order valence-electron chi connectivity index (χ1n) is 8.23. The van der Waals surface area contributed by atoms with Gasteiger partial charge < -0.3 is 14.8 Å². The van der Waals surface area contributed by atoms with E-state index < -0.39 is 12.2 Å². The van der Waals surface area contributed by atoms with E-state index in [0.29, 0.717) is 31.0 Å². The topological polar surface area (TPSA) is 89.1 Å². The van der Waals surface area contributed by atoms with Crippen LogP contribution in [0.15, 0.2) is 36.4 Å². The standard InChI is InChI=1S/C18H18N4O3/c1-11-14-4-2-5-16(20-14)17-13-10-12(6-7-15(13)21-22-17)24-9-3-8-19-18(23)25-11/h2,4-7,10-11H,3,8-9H2,1H3,(H,19,23)(H,21,22). The minimum absolute atomic E-state index is 0.456. The number of benzene rings is 1. The summed E-state index contributed by atoms with van der Waals surface area (Å²) >= 11 is 0. The molecule has 128 valence electrons. The Labute approximate surface area is 144 Å². The van der Waals surface area contributed by atoms with E-state index in [1.807, 2.05) is 36.4 Å². The molecular formula is C18H18N4O3. The molecule has 0 saturated carbocycles. The van der Waals surface area contributed by atoms with E-state index in [0.717, 1.165) is 22.3 Å². The number of pyridine rings is 1. The van der Waals surface area contributed by atoms with Crippen molar-refractivity contribution in [1.29, 1.82) is 0 Å². The maximum atomic E-state index is 11.9. The number of hydrogen-bond donors (Lipinski definition) is 2. The highest BCUT2D eigenvalue weighted by Gasteiger charge is 2.16. The van der Waals surface area contributed by atoms with Crippen molar-refractivity contribution in [2.45, 2.75) is 19.4 Å². The van der Waals surface area contributed by atoms with E-state index >= 15 is 0 Å². The molecule has 1 atom stereocenters. The second-order valence-electron chi connectivity index (χ2n) is 5.90. The number of alkyl carbamates (subject to hydrolysis) is 1. The van der Waals surface area contributed by atoms with E-state index in [9.17, 15) is 4.79 Å². The zero-order chi connectivity index (χ0) is 17.2. The third-order valence-corrected chi connectivity index (χ3v) is 4.11. The quantitative estimate of drug-likeness (QED) is 0.657. The second kappa shape index (κ2) is 6.43. The summed E-state index contributed by atoms with van der Waals surface area (Å²) in [5, 5.41) is 11.1. The number of cyclic esters (lactones) is 1. The number of fused-ring (bicyclic) bond motifs is 4. The molecule has 0 radical (unpaired) electrons. The van der Waals surface area contributed by atoms with Gasteiger partial charge in [-0.15, -0.1) is 0 Å². The van der Waals surface area contributed by atoms with Crippen molar-refractivity contribution in [3.63, 3.8) is 0 Å². The third-order valence-electron chi connectivity index (χ3n) is 4.11. The highest BCUT2D eigenvalue weighted by Crippen LogP contribution is 2.29. The van der Waals surface area contributed by atoms with Gasteiger partial charge in [0, 0.05) is 11.9 Å². The number of nitrogens with one attached hydrogen (secondary N) is 2. The van der Waals surface area contributed by atoms with Crippen LogP contribution in [0.25, 0.3) is 22.3 Å². The molecule has 4 bridgehead atoms. The molecule has 0 saturated heterocycles. The van der Waals surface area contributed by atoms with E-state index in [2.05, 4.69) is 20.5 Å². The van der Waals surface area contributed by atoms with E-state index in [4.69, 9.17) is 9.47 Å². The molecule has 1 unspecified atom stereocenters. The summed E-state index contributed by atoms with van der Waals surface area (Å²) in [6.45, 7) is 2.78. The van der Waals surface area contributed by atoms with Crippen LogP contribution in [0.1, 0.15) is 25.1 Å². The molecule has 0 spiro atoms. The fourth-order valence-corrected chi connectivity index (χ4v) is 2.80. The molecular weight excluding hydrogens is 320 g/mol. The van der Waals surface area contributed by atoms with Crippen LogP contribution in [0, 0.1) is 0 Å². The number of aromatic amines is 1. The average molecular weight is 338 g/mol. The predicted molar refractivity (Wildman–Crippen MR) is 92.3 cm³/mol. The van der Waals surface area contributed by atoms with E-state index in [-0.39, 0.29) is 0 Å². The van der Waals surface area contributed by atoms with Gasteiger partial charge in [-0.3, -0.25) is 5.10 Å². The number of hydrogen-bond acceptors (Lipinski definition) is 5. The molecule has 0 fully saturated rings. The number of ether oxygens (including phenoxy) is 2. The van der Waals surface area contributed by atoms with Crippen molar-refractivity contribution in [2.24, 2.45) is 0 Å². The molecule has 25 heavy (non-hydrogen) atoms. The van der Waals surface area contributed by atoms with Gasteiger partial charge in [0.1, 0.15) is 17.5 Å². The smallest absolute Gasteiger partial charge is 0.407 e. The van der Waals surface area contributed by atoms with Gasteiger partial charge >= 0.3 is 6.09 Å². The summed E-state index contributed by atoms with van der Waals surface area (Å²) < 4.78 is 11.2. The molecule has 2 aromatic heterocycles. The van der Waals surface area contributed by atoms with Crippen molar-refractivity contribution < 1.29 is 14.3 Å². The first kappa shape index (κ1) is 15.4. The van der Waals surface area contributed by atoms with Gasteiger partial charge in [0.15, 0.2) is 0 Å². The zero-order valence-corrected chi connectivity index (χ0v) is 13.8.